The van der Waals surface area contributed by atoms with Crippen LogP contribution in [0, 0.1) is 5.92 Å². The van der Waals surface area contributed by atoms with E-state index in [0.29, 0.717) is 31.4 Å². The van der Waals surface area contributed by atoms with Gasteiger partial charge >= 0.3 is 0 Å². The number of carbonyl (C=O) groups is 1. The number of rotatable bonds is 6. The van der Waals surface area contributed by atoms with Crippen molar-refractivity contribution >= 4 is 11.9 Å². The number of anilines is 1. The Kier molecular flexibility index (Phi) is 5.19. The highest BCUT2D eigenvalue weighted by atomic mass is 16.1. The van der Waals surface area contributed by atoms with Crippen molar-refractivity contribution in [2.24, 2.45) is 5.92 Å². The van der Waals surface area contributed by atoms with Gasteiger partial charge in [0.2, 0.25) is 11.9 Å². The Hall–Kier alpha value is -2.43. The predicted molar refractivity (Wildman–Crippen MR) is 90.1 cm³/mol. The molecule has 5 nitrogen and oxygen atoms in total. The maximum Gasteiger partial charge on any atom is 0.222 e. The minimum Gasteiger partial charge on any atom is -0.354 e. The molecule has 1 aromatic heterocycles. The van der Waals surface area contributed by atoms with Gasteiger partial charge in [-0.15, -0.1) is 0 Å². The van der Waals surface area contributed by atoms with Crippen LogP contribution in [0.2, 0.25) is 0 Å². The number of carbonyl (C=O) groups excluding carboxylic acids is 1. The van der Waals surface area contributed by atoms with E-state index in [4.69, 9.17) is 0 Å². The normalized spacial score (nSPS) is 16.4. The highest BCUT2D eigenvalue weighted by molar-refractivity contribution is 5.76. The van der Waals surface area contributed by atoms with Crippen molar-refractivity contribution in [2.45, 2.75) is 25.7 Å². The SMILES string of the molecule is O=C(C[C@H]1CCc2ccccc2C1)NCCNc1ncccn1. The second-order valence-electron chi connectivity index (χ2n) is 5.93. The molecule has 0 radical (unpaired) electrons. The van der Waals surface area contributed by atoms with Gasteiger partial charge in [-0.2, -0.15) is 0 Å². The lowest BCUT2D eigenvalue weighted by Crippen LogP contribution is -2.31. The zero-order valence-corrected chi connectivity index (χ0v) is 13.2. The lowest BCUT2D eigenvalue weighted by molar-refractivity contribution is -0.122. The number of benzene rings is 1. The summed E-state index contributed by atoms with van der Waals surface area (Å²) in [5.41, 5.74) is 2.84. The van der Waals surface area contributed by atoms with Gasteiger partial charge in [0, 0.05) is 31.9 Å². The lowest BCUT2D eigenvalue weighted by atomic mass is 9.82. The molecule has 2 aromatic rings. The smallest absolute Gasteiger partial charge is 0.222 e. The van der Waals surface area contributed by atoms with Crippen molar-refractivity contribution in [2.75, 3.05) is 18.4 Å². The van der Waals surface area contributed by atoms with Crippen LogP contribution in [-0.4, -0.2) is 29.0 Å². The number of hydrogen-bond acceptors (Lipinski definition) is 4. The van der Waals surface area contributed by atoms with E-state index in [9.17, 15) is 4.79 Å². The topological polar surface area (TPSA) is 66.9 Å². The minimum atomic E-state index is 0.130. The third kappa shape index (κ3) is 4.52. The number of nitrogens with zero attached hydrogens (tertiary/aromatic N) is 2. The molecule has 0 aliphatic heterocycles. The molecule has 0 bridgehead atoms. The molecule has 2 N–H and O–H groups in total. The van der Waals surface area contributed by atoms with Crippen molar-refractivity contribution in [3.8, 4) is 0 Å². The van der Waals surface area contributed by atoms with Crippen LogP contribution >= 0.6 is 0 Å². The number of aryl methyl sites for hydroxylation is 1. The summed E-state index contributed by atoms with van der Waals surface area (Å²) in [6.07, 6.45) is 7.18. The molecule has 5 heteroatoms. The Bertz CT molecular complexity index is 644. The van der Waals surface area contributed by atoms with Gasteiger partial charge < -0.3 is 10.6 Å². The number of fused-ring (bicyclic) bond motifs is 1. The fraction of sp³-hybridized carbons (Fsp3) is 0.389. The monoisotopic (exact) mass is 310 g/mol. The summed E-state index contributed by atoms with van der Waals surface area (Å²) >= 11 is 0. The summed E-state index contributed by atoms with van der Waals surface area (Å²) in [6, 6.07) is 10.3. The van der Waals surface area contributed by atoms with E-state index >= 15 is 0 Å². The highest BCUT2D eigenvalue weighted by Gasteiger charge is 2.20. The van der Waals surface area contributed by atoms with Gasteiger partial charge in [-0.25, -0.2) is 9.97 Å². The van der Waals surface area contributed by atoms with E-state index in [1.165, 1.54) is 11.1 Å². The molecule has 0 saturated heterocycles. The molecule has 3 rings (SSSR count). The molecule has 1 heterocycles. The molecule has 1 amide bonds. The average Bonchev–Trinajstić information content (AvgIpc) is 2.59. The van der Waals surface area contributed by atoms with Crippen molar-refractivity contribution in [3.05, 3.63) is 53.9 Å². The quantitative estimate of drug-likeness (QED) is 0.803. The van der Waals surface area contributed by atoms with Gasteiger partial charge in [-0.1, -0.05) is 24.3 Å². The first kappa shape index (κ1) is 15.5. The molecule has 1 atom stereocenters. The van der Waals surface area contributed by atoms with Crippen LogP contribution in [0.25, 0.3) is 0 Å². The number of aromatic nitrogens is 2. The van der Waals surface area contributed by atoms with Crippen LogP contribution in [0.3, 0.4) is 0 Å². The zero-order chi connectivity index (χ0) is 15.9. The van der Waals surface area contributed by atoms with Crippen molar-refractivity contribution in [1.82, 2.24) is 15.3 Å². The maximum absolute atomic E-state index is 12.1. The molecular weight excluding hydrogens is 288 g/mol. The minimum absolute atomic E-state index is 0.130. The molecule has 120 valence electrons. The van der Waals surface area contributed by atoms with Crippen LogP contribution in [0.4, 0.5) is 5.95 Å². The zero-order valence-electron chi connectivity index (χ0n) is 13.2. The third-order valence-electron chi connectivity index (χ3n) is 4.22. The lowest BCUT2D eigenvalue weighted by Gasteiger charge is -2.24. The summed E-state index contributed by atoms with van der Waals surface area (Å²) in [6.45, 7) is 1.21. The van der Waals surface area contributed by atoms with E-state index in [0.717, 1.165) is 19.3 Å². The van der Waals surface area contributed by atoms with E-state index in [2.05, 4.69) is 44.9 Å². The van der Waals surface area contributed by atoms with E-state index in [1.54, 1.807) is 18.5 Å². The maximum atomic E-state index is 12.1. The Morgan fingerprint density at radius 2 is 1.87 bits per heavy atom. The van der Waals surface area contributed by atoms with Crippen LogP contribution in [0.5, 0.6) is 0 Å². The Morgan fingerprint density at radius 3 is 2.70 bits per heavy atom. The first-order valence-electron chi connectivity index (χ1n) is 8.15. The molecule has 0 fully saturated rings. The van der Waals surface area contributed by atoms with Crippen molar-refractivity contribution in [1.29, 1.82) is 0 Å². The summed E-state index contributed by atoms with van der Waals surface area (Å²) in [7, 11) is 0. The average molecular weight is 310 g/mol. The highest BCUT2D eigenvalue weighted by Crippen LogP contribution is 2.27. The fourth-order valence-electron chi connectivity index (χ4n) is 3.05. The van der Waals surface area contributed by atoms with E-state index in [1.807, 2.05) is 0 Å². The molecule has 1 aliphatic rings. The van der Waals surface area contributed by atoms with Gasteiger partial charge in [0.15, 0.2) is 0 Å². The first-order chi connectivity index (χ1) is 11.3. The second-order valence-corrected chi connectivity index (χ2v) is 5.93. The van der Waals surface area contributed by atoms with Crippen molar-refractivity contribution < 1.29 is 4.79 Å². The Labute approximate surface area is 136 Å². The molecule has 23 heavy (non-hydrogen) atoms. The van der Waals surface area contributed by atoms with Crippen LogP contribution in [0.1, 0.15) is 24.0 Å². The molecule has 1 aliphatic carbocycles. The summed E-state index contributed by atoms with van der Waals surface area (Å²) in [5.74, 6) is 1.17. The van der Waals surface area contributed by atoms with Gasteiger partial charge in [0.25, 0.3) is 0 Å². The molecular formula is C18H22N4O. The van der Waals surface area contributed by atoms with Crippen molar-refractivity contribution in [3.63, 3.8) is 0 Å². The fourth-order valence-corrected chi connectivity index (χ4v) is 3.05. The Balaban J connectivity index is 1.37. The largest absolute Gasteiger partial charge is 0.354 e. The molecule has 1 aromatic carbocycles. The summed E-state index contributed by atoms with van der Waals surface area (Å²) < 4.78 is 0. The molecule has 0 spiro atoms. The predicted octanol–water partition coefficient (Wildman–Crippen LogP) is 2.20. The summed E-state index contributed by atoms with van der Waals surface area (Å²) in [5, 5.41) is 6.05. The van der Waals surface area contributed by atoms with Gasteiger partial charge in [-0.05, 0) is 42.4 Å². The van der Waals surface area contributed by atoms with Gasteiger partial charge in [0.1, 0.15) is 0 Å². The third-order valence-corrected chi connectivity index (χ3v) is 4.22. The molecule has 0 saturated carbocycles. The number of hydrogen-bond donors (Lipinski definition) is 2. The van der Waals surface area contributed by atoms with Gasteiger partial charge in [-0.3, -0.25) is 4.79 Å². The van der Waals surface area contributed by atoms with Crippen LogP contribution in [-0.2, 0) is 17.6 Å². The van der Waals surface area contributed by atoms with Gasteiger partial charge in [0.05, 0.1) is 0 Å². The standard InChI is InChI=1S/C18H22N4O/c23-17(19-10-11-22-18-20-8-3-9-21-18)13-14-6-7-15-4-1-2-5-16(15)12-14/h1-5,8-9,14H,6-7,10-13H2,(H,19,23)(H,20,21,22)/t14-/m0/s1. The Morgan fingerprint density at radius 1 is 1.09 bits per heavy atom. The van der Waals surface area contributed by atoms with E-state index < -0.39 is 0 Å². The number of amides is 1. The first-order valence-corrected chi connectivity index (χ1v) is 8.15. The second kappa shape index (κ2) is 7.72. The summed E-state index contributed by atoms with van der Waals surface area (Å²) in [4.78, 5) is 20.2. The van der Waals surface area contributed by atoms with E-state index in [-0.39, 0.29) is 5.91 Å². The molecule has 0 unspecified atom stereocenters. The number of nitrogens with one attached hydrogen (secondary N) is 2. The van der Waals surface area contributed by atoms with Crippen LogP contribution in [0.15, 0.2) is 42.7 Å². The van der Waals surface area contributed by atoms with Crippen LogP contribution < -0.4 is 10.6 Å².